The molecule has 0 fully saturated rings. The van der Waals surface area contributed by atoms with Gasteiger partial charge in [0, 0.05) is 11.4 Å². The second-order valence-electron chi connectivity index (χ2n) is 4.31. The van der Waals surface area contributed by atoms with Crippen molar-refractivity contribution in [1.82, 2.24) is 4.72 Å². The Morgan fingerprint density at radius 3 is 2.60 bits per heavy atom. The highest BCUT2D eigenvalue weighted by Gasteiger charge is 2.16. The van der Waals surface area contributed by atoms with Crippen LogP contribution in [0.4, 0.5) is 4.39 Å². The van der Waals surface area contributed by atoms with Gasteiger partial charge in [0.25, 0.3) is 0 Å². The van der Waals surface area contributed by atoms with Gasteiger partial charge < -0.3 is 0 Å². The van der Waals surface area contributed by atoms with Crippen molar-refractivity contribution in [3.63, 3.8) is 0 Å². The van der Waals surface area contributed by atoms with Crippen LogP contribution in [-0.2, 0) is 22.9 Å². The zero-order valence-electron chi connectivity index (χ0n) is 11.1. The Hall–Kier alpha value is -1.24. The van der Waals surface area contributed by atoms with E-state index in [2.05, 4.69) is 4.72 Å². The number of benzene rings is 1. The molecule has 0 aliphatic rings. The third kappa shape index (κ3) is 3.65. The van der Waals surface area contributed by atoms with Gasteiger partial charge in [-0.25, -0.2) is 17.5 Å². The van der Waals surface area contributed by atoms with E-state index in [-0.39, 0.29) is 12.4 Å². The quantitative estimate of drug-likeness (QED) is 0.891. The fourth-order valence-corrected chi connectivity index (χ4v) is 4.16. The monoisotopic (exact) mass is 313 g/mol. The van der Waals surface area contributed by atoms with Gasteiger partial charge in [-0.15, -0.1) is 11.3 Å². The van der Waals surface area contributed by atoms with Crippen molar-refractivity contribution in [2.24, 2.45) is 0 Å². The Morgan fingerprint density at radius 1 is 1.20 bits per heavy atom. The summed E-state index contributed by atoms with van der Waals surface area (Å²) in [6.45, 7) is 2.16. The highest BCUT2D eigenvalue weighted by molar-refractivity contribution is 7.91. The highest BCUT2D eigenvalue weighted by Crippen LogP contribution is 2.21. The maximum absolute atomic E-state index is 13.4. The molecular weight excluding hydrogens is 297 g/mol. The molecule has 1 heterocycles. The average molecular weight is 313 g/mol. The first kappa shape index (κ1) is 15.2. The molecule has 1 aromatic heterocycles. The molecule has 0 aliphatic carbocycles. The summed E-state index contributed by atoms with van der Waals surface area (Å²) >= 11 is 1.26. The lowest BCUT2D eigenvalue weighted by Gasteiger charge is -2.05. The molecule has 1 N–H and O–H groups in total. The summed E-state index contributed by atoms with van der Waals surface area (Å²) in [4.78, 5) is 1.03. The maximum Gasteiger partial charge on any atom is 0.250 e. The number of halogens is 1. The van der Waals surface area contributed by atoms with E-state index in [4.69, 9.17) is 0 Å². The topological polar surface area (TPSA) is 46.2 Å². The van der Waals surface area contributed by atoms with Crippen LogP contribution < -0.4 is 4.72 Å². The van der Waals surface area contributed by atoms with E-state index in [0.29, 0.717) is 16.2 Å². The van der Waals surface area contributed by atoms with Crippen molar-refractivity contribution in [2.75, 3.05) is 6.54 Å². The first-order valence-electron chi connectivity index (χ1n) is 6.34. The van der Waals surface area contributed by atoms with Crippen LogP contribution >= 0.6 is 11.3 Å². The van der Waals surface area contributed by atoms with Gasteiger partial charge in [0.15, 0.2) is 0 Å². The minimum atomic E-state index is -3.49. The van der Waals surface area contributed by atoms with Crippen LogP contribution in [0.2, 0.25) is 0 Å². The summed E-state index contributed by atoms with van der Waals surface area (Å²) < 4.78 is 40.3. The number of sulfonamides is 1. The minimum absolute atomic E-state index is 0.183. The van der Waals surface area contributed by atoms with Gasteiger partial charge in [0.2, 0.25) is 10.0 Å². The Bertz CT molecular complexity index is 680. The molecule has 0 unspecified atom stereocenters. The average Bonchev–Trinajstić information content (AvgIpc) is 2.90. The van der Waals surface area contributed by atoms with Crippen LogP contribution in [0.3, 0.4) is 0 Å². The smallest absolute Gasteiger partial charge is 0.210 e. The molecule has 0 spiro atoms. The van der Waals surface area contributed by atoms with Crippen molar-refractivity contribution >= 4 is 21.4 Å². The van der Waals surface area contributed by atoms with Gasteiger partial charge in [-0.3, -0.25) is 0 Å². The largest absolute Gasteiger partial charge is 0.250 e. The van der Waals surface area contributed by atoms with Crippen LogP contribution in [0.5, 0.6) is 0 Å². The summed E-state index contributed by atoms with van der Waals surface area (Å²) in [6.07, 6.45) is 1.15. The molecule has 6 heteroatoms. The van der Waals surface area contributed by atoms with Crippen molar-refractivity contribution in [1.29, 1.82) is 0 Å². The third-order valence-electron chi connectivity index (χ3n) is 2.89. The first-order valence-corrected chi connectivity index (χ1v) is 8.64. The number of aryl methyl sites for hydroxylation is 1. The van der Waals surface area contributed by atoms with Crippen molar-refractivity contribution in [2.45, 2.75) is 24.0 Å². The van der Waals surface area contributed by atoms with Gasteiger partial charge in [-0.05, 0) is 36.6 Å². The van der Waals surface area contributed by atoms with E-state index in [1.165, 1.54) is 17.4 Å². The molecule has 20 heavy (non-hydrogen) atoms. The van der Waals surface area contributed by atoms with Gasteiger partial charge in [0.05, 0.1) is 0 Å². The molecule has 0 radical (unpaired) electrons. The summed E-state index contributed by atoms with van der Waals surface area (Å²) in [5.74, 6) is -0.309. The van der Waals surface area contributed by atoms with Crippen molar-refractivity contribution in [3.8, 4) is 0 Å². The molecule has 0 saturated carbocycles. The molecule has 0 amide bonds. The number of thiophene rings is 1. The molecule has 0 atom stereocenters. The fraction of sp³-hybridized carbons (Fsp3) is 0.286. The van der Waals surface area contributed by atoms with Gasteiger partial charge >= 0.3 is 0 Å². The molecular formula is C14H16FNO2S2. The highest BCUT2D eigenvalue weighted by atomic mass is 32.2. The summed E-state index contributed by atoms with van der Waals surface area (Å²) in [5, 5.41) is 0. The van der Waals surface area contributed by atoms with Crippen LogP contribution in [0.15, 0.2) is 40.6 Å². The number of hydrogen-bond acceptors (Lipinski definition) is 3. The summed E-state index contributed by atoms with van der Waals surface area (Å²) in [6, 6.07) is 9.80. The minimum Gasteiger partial charge on any atom is -0.210 e. The van der Waals surface area contributed by atoms with E-state index in [1.807, 2.05) is 13.0 Å². The Labute approximate surface area is 122 Å². The zero-order valence-corrected chi connectivity index (χ0v) is 12.7. The SMILES string of the molecule is CCc1ccc(S(=O)(=O)NCCc2ccccc2F)s1. The van der Waals surface area contributed by atoms with Crippen LogP contribution in [0, 0.1) is 5.82 Å². The normalized spacial score (nSPS) is 11.7. The van der Waals surface area contributed by atoms with Gasteiger partial charge in [-0.2, -0.15) is 0 Å². The summed E-state index contributed by atoms with van der Waals surface area (Å²) in [5.41, 5.74) is 0.510. The Balaban J connectivity index is 1.98. The summed E-state index contributed by atoms with van der Waals surface area (Å²) in [7, 11) is -3.49. The predicted molar refractivity (Wildman–Crippen MR) is 79.0 cm³/mol. The van der Waals surface area contributed by atoms with E-state index in [0.717, 1.165) is 11.3 Å². The van der Waals surface area contributed by atoms with E-state index < -0.39 is 10.0 Å². The van der Waals surface area contributed by atoms with E-state index >= 15 is 0 Å². The molecule has 1 aromatic carbocycles. The molecule has 0 aliphatic heterocycles. The molecule has 2 aromatic rings. The standard InChI is InChI=1S/C14H16FNO2S2/c1-2-12-7-8-14(19-12)20(17,18)16-10-9-11-5-3-4-6-13(11)15/h3-8,16H,2,9-10H2,1H3. The molecule has 0 saturated heterocycles. The van der Waals surface area contributed by atoms with Crippen LogP contribution in [0.1, 0.15) is 17.4 Å². The molecule has 3 nitrogen and oxygen atoms in total. The zero-order chi connectivity index (χ0) is 14.6. The van der Waals surface area contributed by atoms with E-state index in [1.54, 1.807) is 24.3 Å². The lowest BCUT2D eigenvalue weighted by atomic mass is 10.1. The van der Waals surface area contributed by atoms with Gasteiger partial charge in [0.1, 0.15) is 10.0 Å². The van der Waals surface area contributed by atoms with Crippen LogP contribution in [-0.4, -0.2) is 15.0 Å². The van der Waals surface area contributed by atoms with Gasteiger partial charge in [-0.1, -0.05) is 25.1 Å². The van der Waals surface area contributed by atoms with E-state index in [9.17, 15) is 12.8 Å². The first-order chi connectivity index (χ1) is 9.53. The number of nitrogens with one attached hydrogen (secondary N) is 1. The lowest BCUT2D eigenvalue weighted by molar-refractivity contribution is 0.579. The second-order valence-corrected chi connectivity index (χ2v) is 7.48. The second kappa shape index (κ2) is 6.47. The molecule has 0 bridgehead atoms. The fourth-order valence-electron chi connectivity index (χ4n) is 1.79. The predicted octanol–water partition coefficient (Wildman–Crippen LogP) is 2.97. The Kier molecular flexibility index (Phi) is 4.91. The lowest BCUT2D eigenvalue weighted by Crippen LogP contribution is -2.25. The van der Waals surface area contributed by atoms with Crippen molar-refractivity contribution < 1.29 is 12.8 Å². The third-order valence-corrected chi connectivity index (χ3v) is 6.08. The van der Waals surface area contributed by atoms with Crippen molar-refractivity contribution in [3.05, 3.63) is 52.7 Å². The van der Waals surface area contributed by atoms with Crippen LogP contribution in [0.25, 0.3) is 0 Å². The molecule has 2 rings (SSSR count). The number of hydrogen-bond donors (Lipinski definition) is 1. The Morgan fingerprint density at radius 2 is 1.95 bits per heavy atom. The number of rotatable bonds is 6. The molecule has 108 valence electrons. The maximum atomic E-state index is 13.4.